The van der Waals surface area contributed by atoms with Crippen LogP contribution in [0.25, 0.3) is 0 Å². The lowest BCUT2D eigenvalue weighted by Crippen LogP contribution is -2.28. The molecule has 0 unspecified atom stereocenters. The topological polar surface area (TPSA) is 24.1 Å². The molecule has 0 aromatic heterocycles. The maximum absolute atomic E-state index is 3.47. The van der Waals surface area contributed by atoms with Crippen molar-refractivity contribution in [1.29, 1.82) is 0 Å². The quantitative estimate of drug-likeness (QED) is 0.708. The van der Waals surface area contributed by atoms with Crippen LogP contribution in [0, 0.1) is 20.8 Å². The molecule has 0 fully saturated rings. The molecule has 0 amide bonds. The van der Waals surface area contributed by atoms with Gasteiger partial charge < -0.3 is 10.6 Å². The molecule has 1 rings (SSSR count). The maximum Gasteiger partial charge on any atom is 0.00768 e. The third kappa shape index (κ3) is 4.49. The first-order valence-corrected chi connectivity index (χ1v) is 6.64. The van der Waals surface area contributed by atoms with Crippen molar-refractivity contribution in [2.75, 3.05) is 26.2 Å². The van der Waals surface area contributed by atoms with Gasteiger partial charge in [-0.3, -0.25) is 0 Å². The lowest BCUT2D eigenvalue weighted by molar-refractivity contribution is 0.624. The second-order valence-corrected chi connectivity index (χ2v) is 4.65. The summed E-state index contributed by atoms with van der Waals surface area (Å²) in [6, 6.07) is 4.50. The Kier molecular flexibility index (Phi) is 6.23. The van der Waals surface area contributed by atoms with Gasteiger partial charge >= 0.3 is 0 Å². The summed E-state index contributed by atoms with van der Waals surface area (Å²) in [5.41, 5.74) is 5.77. The minimum atomic E-state index is 1.05. The smallest absolute Gasteiger partial charge is 0.00768 e. The van der Waals surface area contributed by atoms with Gasteiger partial charge in [0.15, 0.2) is 0 Å². The first kappa shape index (κ1) is 14.2. The molecule has 1 aromatic carbocycles. The third-order valence-electron chi connectivity index (χ3n) is 3.47. The van der Waals surface area contributed by atoms with Crippen molar-refractivity contribution >= 4 is 0 Å². The Morgan fingerprint density at radius 2 is 1.59 bits per heavy atom. The van der Waals surface area contributed by atoms with Crippen molar-refractivity contribution in [3.05, 3.63) is 34.4 Å². The van der Waals surface area contributed by atoms with E-state index in [1.807, 2.05) is 0 Å². The van der Waals surface area contributed by atoms with E-state index in [9.17, 15) is 0 Å². The summed E-state index contributed by atoms with van der Waals surface area (Å²) in [5.74, 6) is 0. The fourth-order valence-corrected chi connectivity index (χ4v) is 1.98. The Morgan fingerprint density at radius 1 is 0.882 bits per heavy atom. The Bertz CT molecular complexity index is 345. The Balaban J connectivity index is 2.35. The summed E-state index contributed by atoms with van der Waals surface area (Å²) in [6.45, 7) is 13.0. The van der Waals surface area contributed by atoms with Gasteiger partial charge in [-0.1, -0.05) is 19.1 Å². The van der Waals surface area contributed by atoms with Gasteiger partial charge in [0.05, 0.1) is 0 Å². The lowest BCUT2D eigenvalue weighted by Gasteiger charge is -2.11. The van der Waals surface area contributed by atoms with E-state index in [1.54, 1.807) is 0 Å². The summed E-state index contributed by atoms with van der Waals surface area (Å²) >= 11 is 0. The minimum Gasteiger partial charge on any atom is -0.316 e. The van der Waals surface area contributed by atoms with Crippen molar-refractivity contribution < 1.29 is 0 Å². The summed E-state index contributed by atoms with van der Waals surface area (Å²) in [5, 5.41) is 6.78. The molecule has 17 heavy (non-hydrogen) atoms. The van der Waals surface area contributed by atoms with Crippen molar-refractivity contribution in [3.63, 3.8) is 0 Å². The van der Waals surface area contributed by atoms with E-state index >= 15 is 0 Å². The highest BCUT2D eigenvalue weighted by Gasteiger charge is 2.02. The highest BCUT2D eigenvalue weighted by Crippen LogP contribution is 2.17. The molecule has 0 saturated carbocycles. The van der Waals surface area contributed by atoms with E-state index in [0.717, 1.165) is 32.6 Å². The van der Waals surface area contributed by atoms with Gasteiger partial charge in [0.25, 0.3) is 0 Å². The standard InChI is InChI=1S/C15H26N2/c1-5-16-10-11-17-9-8-15-7-6-12(2)13(3)14(15)4/h6-7,16-17H,5,8-11H2,1-4H3. The summed E-state index contributed by atoms with van der Waals surface area (Å²) in [4.78, 5) is 0. The molecule has 0 heterocycles. The third-order valence-corrected chi connectivity index (χ3v) is 3.47. The molecular formula is C15H26N2. The lowest BCUT2D eigenvalue weighted by atomic mass is 9.97. The van der Waals surface area contributed by atoms with Gasteiger partial charge in [0.1, 0.15) is 0 Å². The maximum atomic E-state index is 3.47. The summed E-state index contributed by atoms with van der Waals surface area (Å²) in [6.07, 6.45) is 1.12. The average molecular weight is 234 g/mol. The van der Waals surface area contributed by atoms with E-state index in [2.05, 4.69) is 50.5 Å². The average Bonchev–Trinajstić information content (AvgIpc) is 2.33. The first-order valence-electron chi connectivity index (χ1n) is 6.64. The number of nitrogens with one attached hydrogen (secondary N) is 2. The molecule has 0 aliphatic heterocycles. The van der Waals surface area contributed by atoms with Crippen LogP contribution in [0.1, 0.15) is 29.2 Å². The number of hydrogen-bond acceptors (Lipinski definition) is 2. The molecular weight excluding hydrogens is 208 g/mol. The number of aryl methyl sites for hydroxylation is 1. The van der Waals surface area contributed by atoms with E-state index < -0.39 is 0 Å². The monoisotopic (exact) mass is 234 g/mol. The Labute approximate surface area is 106 Å². The largest absolute Gasteiger partial charge is 0.316 e. The normalized spacial score (nSPS) is 10.8. The van der Waals surface area contributed by atoms with Crippen LogP contribution in [0.4, 0.5) is 0 Å². The molecule has 0 aliphatic carbocycles. The molecule has 0 saturated heterocycles. The van der Waals surface area contributed by atoms with Crippen LogP contribution in [-0.4, -0.2) is 26.2 Å². The second kappa shape index (κ2) is 7.46. The highest BCUT2D eigenvalue weighted by molar-refractivity contribution is 5.38. The van der Waals surface area contributed by atoms with Gasteiger partial charge in [0.2, 0.25) is 0 Å². The molecule has 0 spiro atoms. The van der Waals surface area contributed by atoms with Crippen LogP contribution in [-0.2, 0) is 6.42 Å². The summed E-state index contributed by atoms with van der Waals surface area (Å²) < 4.78 is 0. The molecule has 0 bridgehead atoms. The molecule has 2 heteroatoms. The second-order valence-electron chi connectivity index (χ2n) is 4.65. The van der Waals surface area contributed by atoms with Crippen LogP contribution in [0.3, 0.4) is 0 Å². The molecule has 96 valence electrons. The van der Waals surface area contributed by atoms with E-state index in [0.29, 0.717) is 0 Å². The van der Waals surface area contributed by atoms with E-state index in [4.69, 9.17) is 0 Å². The highest BCUT2D eigenvalue weighted by atomic mass is 14.9. The molecule has 2 N–H and O–H groups in total. The number of rotatable bonds is 7. The predicted octanol–water partition coefficient (Wildman–Crippen LogP) is 2.35. The zero-order valence-electron chi connectivity index (χ0n) is 11.7. The van der Waals surface area contributed by atoms with Crippen LogP contribution < -0.4 is 10.6 Å². The van der Waals surface area contributed by atoms with Crippen molar-refractivity contribution in [3.8, 4) is 0 Å². The number of hydrogen-bond donors (Lipinski definition) is 2. The van der Waals surface area contributed by atoms with Gasteiger partial charge in [-0.05, 0) is 62.5 Å². The zero-order valence-corrected chi connectivity index (χ0v) is 11.7. The zero-order chi connectivity index (χ0) is 12.7. The number of likely N-dealkylation sites (N-methyl/N-ethyl adjacent to an activating group) is 1. The van der Waals surface area contributed by atoms with Crippen LogP contribution in [0.5, 0.6) is 0 Å². The van der Waals surface area contributed by atoms with Crippen LogP contribution >= 0.6 is 0 Å². The van der Waals surface area contributed by atoms with Crippen LogP contribution in [0.2, 0.25) is 0 Å². The van der Waals surface area contributed by atoms with Gasteiger partial charge in [-0.2, -0.15) is 0 Å². The first-order chi connectivity index (χ1) is 8.16. The van der Waals surface area contributed by atoms with Crippen molar-refractivity contribution in [2.24, 2.45) is 0 Å². The van der Waals surface area contributed by atoms with Crippen molar-refractivity contribution in [2.45, 2.75) is 34.1 Å². The van der Waals surface area contributed by atoms with E-state index in [-0.39, 0.29) is 0 Å². The fourth-order valence-electron chi connectivity index (χ4n) is 1.98. The Morgan fingerprint density at radius 3 is 2.29 bits per heavy atom. The summed E-state index contributed by atoms with van der Waals surface area (Å²) in [7, 11) is 0. The fraction of sp³-hybridized carbons (Fsp3) is 0.600. The molecule has 2 nitrogen and oxygen atoms in total. The molecule has 0 atom stereocenters. The molecule has 0 radical (unpaired) electrons. The van der Waals surface area contributed by atoms with E-state index in [1.165, 1.54) is 22.3 Å². The van der Waals surface area contributed by atoms with Gasteiger partial charge in [-0.15, -0.1) is 0 Å². The SMILES string of the molecule is CCNCCNCCc1ccc(C)c(C)c1C. The van der Waals surface area contributed by atoms with Crippen molar-refractivity contribution in [1.82, 2.24) is 10.6 Å². The predicted molar refractivity (Wildman–Crippen MR) is 75.8 cm³/mol. The van der Waals surface area contributed by atoms with Crippen LogP contribution in [0.15, 0.2) is 12.1 Å². The van der Waals surface area contributed by atoms with Gasteiger partial charge in [0, 0.05) is 13.1 Å². The molecule has 1 aromatic rings. The number of benzene rings is 1. The minimum absolute atomic E-state index is 1.05. The molecule has 0 aliphatic rings. The van der Waals surface area contributed by atoms with Gasteiger partial charge in [-0.25, -0.2) is 0 Å². The Hall–Kier alpha value is -0.860.